The van der Waals surface area contributed by atoms with Crippen molar-refractivity contribution in [3.8, 4) is 11.5 Å². The third kappa shape index (κ3) is 11.1. The molecule has 0 aromatic heterocycles. The van der Waals surface area contributed by atoms with E-state index in [1.165, 1.54) is 0 Å². The van der Waals surface area contributed by atoms with Crippen LogP contribution in [0, 0.1) is 0 Å². The summed E-state index contributed by atoms with van der Waals surface area (Å²) >= 11 is 0. The zero-order valence-corrected chi connectivity index (χ0v) is 25.0. The fourth-order valence-corrected chi connectivity index (χ4v) is 4.49. The van der Waals surface area contributed by atoms with Gasteiger partial charge in [-0.15, -0.1) is 0 Å². The summed E-state index contributed by atoms with van der Waals surface area (Å²) in [6.07, 6.45) is 11.4. The summed E-state index contributed by atoms with van der Waals surface area (Å²) in [5, 5.41) is 4.30. The van der Waals surface area contributed by atoms with Crippen molar-refractivity contribution in [2.45, 2.75) is 71.4 Å². The first kappa shape index (κ1) is 33.1. The van der Waals surface area contributed by atoms with E-state index in [-0.39, 0.29) is 49.9 Å². The van der Waals surface area contributed by atoms with Crippen LogP contribution in [0.5, 0.6) is 11.5 Å². The normalized spacial score (nSPS) is 22.4. The molecule has 1 fully saturated rings. The molecule has 0 saturated carbocycles. The topological polar surface area (TPSA) is 131 Å². The fourth-order valence-electron chi connectivity index (χ4n) is 4.49. The minimum absolute atomic E-state index is 0.0223. The third-order valence-corrected chi connectivity index (χ3v) is 6.70. The Kier molecular flexibility index (Phi) is 14.3. The Balaban J connectivity index is 1.98. The lowest BCUT2D eigenvalue weighted by atomic mass is 9.99. The molecule has 3 rings (SSSR count). The van der Waals surface area contributed by atoms with Gasteiger partial charge in [-0.05, 0) is 64.2 Å². The van der Waals surface area contributed by atoms with Crippen LogP contribution in [-0.2, 0) is 30.3 Å². The number of oxime groups is 1. The maximum absolute atomic E-state index is 13.6. The SMILES string of the molecule is CCOCOc1cc2c(c(OCOCC)c1)C(=O)O[C@H](C)C/C=C/[C@@H](N)C/C=C/C(=N\OCC(=O)N1CCCCC1)C2. The number of nitrogens with zero attached hydrogens (tertiary/aromatic N) is 2. The number of hydrogen-bond donors (Lipinski definition) is 1. The molecule has 0 unspecified atom stereocenters. The van der Waals surface area contributed by atoms with E-state index in [2.05, 4.69) is 5.16 Å². The molecule has 0 radical (unpaired) electrons. The van der Waals surface area contributed by atoms with Gasteiger partial charge >= 0.3 is 5.97 Å². The molecule has 2 atom stereocenters. The van der Waals surface area contributed by atoms with Crippen molar-refractivity contribution < 1.29 is 38.1 Å². The number of esters is 1. The number of allylic oxidation sites excluding steroid dienone is 1. The molecule has 1 saturated heterocycles. The van der Waals surface area contributed by atoms with Crippen LogP contribution >= 0.6 is 0 Å². The lowest BCUT2D eigenvalue weighted by Gasteiger charge is -2.26. The van der Waals surface area contributed by atoms with Crippen molar-refractivity contribution in [2.75, 3.05) is 46.5 Å². The molecule has 11 heteroatoms. The Hall–Kier alpha value is -3.41. The first-order valence-corrected chi connectivity index (χ1v) is 14.8. The zero-order valence-electron chi connectivity index (χ0n) is 25.0. The van der Waals surface area contributed by atoms with Crippen LogP contribution < -0.4 is 15.2 Å². The van der Waals surface area contributed by atoms with Gasteiger partial charge in [-0.25, -0.2) is 4.79 Å². The number of hydrogen-bond acceptors (Lipinski definition) is 10. The van der Waals surface area contributed by atoms with E-state index in [0.717, 1.165) is 32.4 Å². The number of benzene rings is 1. The second kappa shape index (κ2) is 18.2. The number of amides is 1. The summed E-state index contributed by atoms with van der Waals surface area (Å²) < 4.78 is 28.2. The Labute approximate surface area is 248 Å². The molecule has 0 spiro atoms. The molecular formula is C31H45N3O8. The molecule has 1 aromatic carbocycles. The van der Waals surface area contributed by atoms with Gasteiger partial charge < -0.3 is 39.2 Å². The van der Waals surface area contributed by atoms with E-state index >= 15 is 0 Å². The van der Waals surface area contributed by atoms with Crippen molar-refractivity contribution in [3.63, 3.8) is 0 Å². The summed E-state index contributed by atoms with van der Waals surface area (Å²) in [5.74, 6) is 0.0240. The van der Waals surface area contributed by atoms with Crippen LogP contribution in [0.3, 0.4) is 0 Å². The molecule has 1 aromatic rings. The number of piperidine rings is 1. The maximum Gasteiger partial charge on any atom is 0.342 e. The van der Waals surface area contributed by atoms with Crippen LogP contribution in [-0.4, -0.2) is 81.1 Å². The van der Waals surface area contributed by atoms with E-state index < -0.39 is 12.1 Å². The summed E-state index contributed by atoms with van der Waals surface area (Å²) in [6.45, 7) is 7.70. The number of fused-ring (bicyclic) bond motifs is 1. The summed E-state index contributed by atoms with van der Waals surface area (Å²) in [5.41, 5.74) is 7.49. The molecule has 2 aliphatic heterocycles. The predicted molar refractivity (Wildman–Crippen MR) is 159 cm³/mol. The maximum atomic E-state index is 13.6. The summed E-state index contributed by atoms with van der Waals surface area (Å²) in [4.78, 5) is 33.6. The lowest BCUT2D eigenvalue weighted by molar-refractivity contribution is -0.137. The van der Waals surface area contributed by atoms with E-state index in [4.69, 9.17) is 34.3 Å². The average molecular weight is 588 g/mol. The second-order valence-electron chi connectivity index (χ2n) is 10.1. The van der Waals surface area contributed by atoms with Gasteiger partial charge in [0.05, 0.1) is 5.71 Å². The molecule has 0 bridgehead atoms. The molecular weight excluding hydrogens is 542 g/mol. The van der Waals surface area contributed by atoms with E-state index in [1.807, 2.05) is 39.0 Å². The Morgan fingerprint density at radius 3 is 2.52 bits per heavy atom. The smallest absolute Gasteiger partial charge is 0.342 e. The number of rotatable bonds is 11. The van der Waals surface area contributed by atoms with Crippen molar-refractivity contribution in [3.05, 3.63) is 47.6 Å². The quantitative estimate of drug-likeness (QED) is 0.133. The molecule has 0 aliphatic carbocycles. The van der Waals surface area contributed by atoms with Crippen molar-refractivity contribution in [1.82, 2.24) is 4.90 Å². The minimum Gasteiger partial charge on any atom is -0.467 e. The molecule has 2 aliphatic rings. The van der Waals surface area contributed by atoms with E-state index in [1.54, 1.807) is 23.1 Å². The molecule has 232 valence electrons. The van der Waals surface area contributed by atoms with Crippen molar-refractivity contribution >= 4 is 17.6 Å². The zero-order chi connectivity index (χ0) is 30.2. The number of likely N-dealkylation sites (tertiary alicyclic amines) is 1. The summed E-state index contributed by atoms with van der Waals surface area (Å²) in [7, 11) is 0. The lowest BCUT2D eigenvalue weighted by Crippen LogP contribution is -2.37. The van der Waals surface area contributed by atoms with Gasteiger partial charge in [-0.1, -0.05) is 23.4 Å². The van der Waals surface area contributed by atoms with Gasteiger partial charge in [0.1, 0.15) is 23.2 Å². The van der Waals surface area contributed by atoms with Crippen molar-refractivity contribution in [1.29, 1.82) is 0 Å². The Morgan fingerprint density at radius 1 is 1.05 bits per heavy atom. The number of ether oxygens (including phenoxy) is 5. The van der Waals surface area contributed by atoms with E-state index in [9.17, 15) is 9.59 Å². The van der Waals surface area contributed by atoms with Crippen LogP contribution in [0.25, 0.3) is 0 Å². The van der Waals surface area contributed by atoms with Gasteiger partial charge in [0.15, 0.2) is 20.2 Å². The van der Waals surface area contributed by atoms with Gasteiger partial charge in [-0.2, -0.15) is 0 Å². The highest BCUT2D eigenvalue weighted by Crippen LogP contribution is 2.32. The van der Waals surface area contributed by atoms with Crippen molar-refractivity contribution in [2.24, 2.45) is 10.9 Å². The molecule has 2 heterocycles. The number of nitrogens with two attached hydrogens (primary N) is 1. The molecule has 1 amide bonds. The van der Waals surface area contributed by atoms with Crippen LogP contribution in [0.15, 0.2) is 41.6 Å². The highest BCUT2D eigenvalue weighted by Gasteiger charge is 2.24. The fraction of sp³-hybridized carbons (Fsp3) is 0.581. The molecule has 11 nitrogen and oxygen atoms in total. The Morgan fingerprint density at radius 2 is 1.79 bits per heavy atom. The van der Waals surface area contributed by atoms with Gasteiger partial charge in [0.25, 0.3) is 5.91 Å². The average Bonchev–Trinajstić information content (AvgIpc) is 2.97. The highest BCUT2D eigenvalue weighted by molar-refractivity contribution is 6.00. The second-order valence-corrected chi connectivity index (χ2v) is 10.1. The number of carbonyl (C=O) groups is 2. The van der Waals surface area contributed by atoms with Crippen LogP contribution in [0.2, 0.25) is 0 Å². The predicted octanol–water partition coefficient (Wildman–Crippen LogP) is 4.14. The largest absolute Gasteiger partial charge is 0.467 e. The molecule has 42 heavy (non-hydrogen) atoms. The van der Waals surface area contributed by atoms with Crippen LogP contribution in [0.4, 0.5) is 0 Å². The number of cyclic esters (lactones) is 1. The standard InChI is InChI=1S/C31H45N3O8/c1-4-37-21-39-27-18-24-17-26(33-41-20-29(35)34-15-7-6-8-16-34)14-10-13-25(32)12-9-11-23(3)42-31(36)30(24)28(19-27)40-22-38-5-2/h9-10,12,14,18-19,23,25H,4-8,11,13,15-17,20-22,32H2,1-3H3/b12-9+,14-10+,33-26+/t23-,25-/m1/s1. The monoisotopic (exact) mass is 587 g/mol. The van der Waals surface area contributed by atoms with Crippen LogP contribution in [0.1, 0.15) is 68.8 Å². The summed E-state index contributed by atoms with van der Waals surface area (Å²) in [6, 6.07) is 3.12. The first-order chi connectivity index (χ1) is 20.4. The van der Waals surface area contributed by atoms with E-state index in [0.29, 0.717) is 43.1 Å². The molecule has 2 N–H and O–H groups in total. The first-order valence-electron chi connectivity index (χ1n) is 14.8. The van der Waals surface area contributed by atoms with Gasteiger partial charge in [-0.3, -0.25) is 4.79 Å². The third-order valence-electron chi connectivity index (χ3n) is 6.70. The number of carbonyl (C=O) groups excluding carboxylic acids is 2. The minimum atomic E-state index is -0.556. The Bertz CT molecular complexity index is 1100. The highest BCUT2D eigenvalue weighted by atomic mass is 16.7. The van der Waals surface area contributed by atoms with Gasteiger partial charge in [0.2, 0.25) is 0 Å². The van der Waals surface area contributed by atoms with Gasteiger partial charge in [0, 0.05) is 51.3 Å².